The molecule has 3 rings (SSSR count). The van der Waals surface area contributed by atoms with E-state index in [9.17, 15) is 19.2 Å². The smallest absolute Gasteiger partial charge is 0.225 e. The zero-order valence-corrected chi connectivity index (χ0v) is 16.2. The minimum Gasteiger partial charge on any atom is -0.326 e. The Balaban J connectivity index is 1.91. The number of hydrogen-bond acceptors (Lipinski definition) is 4. The van der Waals surface area contributed by atoms with Crippen molar-refractivity contribution >= 4 is 58.0 Å². The van der Waals surface area contributed by atoms with E-state index in [1.54, 1.807) is 12.1 Å². The van der Waals surface area contributed by atoms with Gasteiger partial charge in [-0.05, 0) is 36.4 Å². The van der Waals surface area contributed by atoms with Crippen molar-refractivity contribution in [3.8, 4) is 0 Å². The first-order chi connectivity index (χ1) is 13.4. The van der Waals surface area contributed by atoms with E-state index in [1.807, 2.05) is 0 Å². The van der Waals surface area contributed by atoms with Crippen molar-refractivity contribution in [2.24, 2.45) is 0 Å². The summed E-state index contributed by atoms with van der Waals surface area (Å²) in [6.45, 7) is 0. The zero-order chi connectivity index (χ0) is 20.3. The summed E-state index contributed by atoms with van der Waals surface area (Å²) in [5, 5.41) is 5.30. The van der Waals surface area contributed by atoms with Crippen molar-refractivity contribution in [2.75, 3.05) is 22.4 Å². The number of carbonyl (C=O) groups excluding carboxylic acids is 4. The third-order valence-electron chi connectivity index (χ3n) is 4.23. The summed E-state index contributed by atoms with van der Waals surface area (Å²) in [6.07, 6.45) is 0.291. The van der Waals surface area contributed by atoms with Gasteiger partial charge in [0.2, 0.25) is 11.8 Å². The van der Waals surface area contributed by atoms with Gasteiger partial charge in [0.05, 0.1) is 0 Å². The summed E-state index contributed by atoms with van der Waals surface area (Å²) in [6, 6.07) is 9.11. The van der Waals surface area contributed by atoms with Crippen molar-refractivity contribution in [3.63, 3.8) is 0 Å². The molecule has 2 N–H and O–H groups in total. The molecule has 2 aromatic rings. The minimum absolute atomic E-state index is 0.145. The van der Waals surface area contributed by atoms with Crippen LogP contribution in [0.15, 0.2) is 36.4 Å². The zero-order valence-electron chi connectivity index (χ0n) is 14.7. The molecule has 0 atom stereocenters. The highest BCUT2D eigenvalue weighted by atomic mass is 35.5. The number of hydrogen-bond donors (Lipinski definition) is 2. The summed E-state index contributed by atoms with van der Waals surface area (Å²) < 4.78 is 0. The lowest BCUT2D eigenvalue weighted by Crippen LogP contribution is -2.22. The molecule has 0 heterocycles. The van der Waals surface area contributed by atoms with Gasteiger partial charge in [0, 0.05) is 58.2 Å². The monoisotopic (exact) mass is 418 g/mol. The molecule has 8 heteroatoms. The fourth-order valence-corrected chi connectivity index (χ4v) is 3.27. The highest BCUT2D eigenvalue weighted by molar-refractivity contribution is 6.29. The molecule has 6 nitrogen and oxygen atoms in total. The molecule has 2 amide bonds. The maximum atomic E-state index is 12.9. The topological polar surface area (TPSA) is 92.3 Å². The Morgan fingerprint density at radius 1 is 0.679 bits per heavy atom. The Hall–Kier alpha value is -2.70. The van der Waals surface area contributed by atoms with Crippen LogP contribution in [0.1, 0.15) is 44.7 Å². The molecule has 0 unspecified atom stereocenters. The Morgan fingerprint density at radius 3 is 1.43 bits per heavy atom. The van der Waals surface area contributed by atoms with Gasteiger partial charge >= 0.3 is 0 Å². The van der Waals surface area contributed by atoms with Crippen molar-refractivity contribution < 1.29 is 19.2 Å². The molecule has 0 radical (unpaired) electrons. The predicted octanol–water partition coefficient (Wildman–Crippen LogP) is 3.60. The molecule has 28 heavy (non-hydrogen) atoms. The molecule has 2 aromatic carbocycles. The van der Waals surface area contributed by atoms with E-state index in [-0.39, 0.29) is 70.2 Å². The van der Waals surface area contributed by atoms with E-state index in [0.29, 0.717) is 11.4 Å². The van der Waals surface area contributed by atoms with Crippen LogP contribution in [-0.4, -0.2) is 35.1 Å². The SMILES string of the molecule is O=C(CCCl)Nc1ccc2c(c1)C(=O)c1ccc(NC(=O)CCCl)cc1C2=O. The number of carbonyl (C=O) groups is 4. The van der Waals surface area contributed by atoms with E-state index in [0.717, 1.165) is 0 Å². The molecular weight excluding hydrogens is 403 g/mol. The fourth-order valence-electron chi connectivity index (χ4n) is 2.92. The summed E-state index contributed by atoms with van der Waals surface area (Å²) in [5.41, 5.74) is 1.78. The molecule has 0 saturated heterocycles. The Morgan fingerprint density at radius 2 is 1.07 bits per heavy atom. The fraction of sp³-hybridized carbons (Fsp3) is 0.200. The number of nitrogens with one attached hydrogen (secondary N) is 2. The second-order valence-corrected chi connectivity index (χ2v) is 6.91. The van der Waals surface area contributed by atoms with Gasteiger partial charge < -0.3 is 10.6 Å². The molecule has 0 spiro atoms. The van der Waals surface area contributed by atoms with Gasteiger partial charge in [-0.25, -0.2) is 0 Å². The average molecular weight is 419 g/mol. The summed E-state index contributed by atoms with van der Waals surface area (Å²) in [7, 11) is 0. The third-order valence-corrected chi connectivity index (χ3v) is 4.61. The largest absolute Gasteiger partial charge is 0.326 e. The van der Waals surface area contributed by atoms with Gasteiger partial charge in [0.25, 0.3) is 0 Å². The minimum atomic E-state index is -0.323. The van der Waals surface area contributed by atoms with Crippen LogP contribution in [0.25, 0.3) is 0 Å². The molecule has 1 aliphatic carbocycles. The first kappa shape index (κ1) is 20.0. The van der Waals surface area contributed by atoms with Crippen molar-refractivity contribution in [1.82, 2.24) is 0 Å². The molecule has 0 fully saturated rings. The molecular formula is C20H16Cl2N2O4. The second-order valence-electron chi connectivity index (χ2n) is 6.15. The van der Waals surface area contributed by atoms with E-state index >= 15 is 0 Å². The van der Waals surface area contributed by atoms with Crippen LogP contribution in [-0.2, 0) is 9.59 Å². The van der Waals surface area contributed by atoms with Gasteiger partial charge in [0.15, 0.2) is 11.6 Å². The van der Waals surface area contributed by atoms with Gasteiger partial charge in [-0.1, -0.05) is 0 Å². The Bertz CT molecular complexity index is 909. The van der Waals surface area contributed by atoms with Crippen molar-refractivity contribution in [1.29, 1.82) is 0 Å². The number of fused-ring (bicyclic) bond motifs is 2. The van der Waals surface area contributed by atoms with Crippen LogP contribution >= 0.6 is 23.2 Å². The van der Waals surface area contributed by atoms with Crippen LogP contribution in [0.3, 0.4) is 0 Å². The number of rotatable bonds is 6. The normalized spacial score (nSPS) is 12.2. The molecule has 0 aromatic heterocycles. The summed E-state index contributed by atoms with van der Waals surface area (Å²) in [4.78, 5) is 49.1. The molecule has 0 bridgehead atoms. The molecule has 0 saturated carbocycles. The van der Waals surface area contributed by atoms with Crippen molar-refractivity contribution in [3.05, 3.63) is 58.7 Å². The number of amides is 2. The van der Waals surface area contributed by atoms with Gasteiger partial charge in [-0.15, -0.1) is 23.2 Å². The Labute approximate surface area is 171 Å². The van der Waals surface area contributed by atoms with Gasteiger partial charge in [0.1, 0.15) is 0 Å². The number of anilines is 2. The lowest BCUT2D eigenvalue weighted by atomic mass is 9.83. The molecule has 0 aliphatic heterocycles. The second kappa shape index (κ2) is 8.54. The number of benzene rings is 2. The quantitative estimate of drug-likeness (QED) is 0.598. The molecule has 144 valence electrons. The average Bonchev–Trinajstić information content (AvgIpc) is 2.66. The summed E-state index contributed by atoms with van der Waals surface area (Å²) in [5.74, 6) is -0.825. The lowest BCUT2D eigenvalue weighted by molar-refractivity contribution is -0.116. The van der Waals surface area contributed by atoms with Crippen molar-refractivity contribution in [2.45, 2.75) is 12.8 Å². The first-order valence-corrected chi connectivity index (χ1v) is 9.60. The van der Waals surface area contributed by atoms with Gasteiger partial charge in [-0.2, -0.15) is 0 Å². The van der Waals surface area contributed by atoms with Crippen LogP contribution in [0.2, 0.25) is 0 Å². The van der Waals surface area contributed by atoms with E-state index in [2.05, 4.69) is 10.6 Å². The number of halogens is 2. The Kier molecular flexibility index (Phi) is 6.11. The lowest BCUT2D eigenvalue weighted by Gasteiger charge is -2.19. The highest BCUT2D eigenvalue weighted by Gasteiger charge is 2.30. The molecule has 1 aliphatic rings. The first-order valence-electron chi connectivity index (χ1n) is 8.53. The van der Waals surface area contributed by atoms with Crippen LogP contribution in [0.4, 0.5) is 11.4 Å². The highest BCUT2D eigenvalue weighted by Crippen LogP contribution is 2.31. The van der Waals surface area contributed by atoms with E-state index in [4.69, 9.17) is 23.2 Å². The van der Waals surface area contributed by atoms with Crippen LogP contribution in [0.5, 0.6) is 0 Å². The standard InChI is InChI=1S/C20H16Cl2N2O4/c21-7-5-17(25)23-11-1-3-13-15(9-11)20(28)14-4-2-12(10-16(14)19(13)27)24-18(26)6-8-22/h1-4,9-10H,5-8H2,(H,23,25)(H,24,26). The predicted molar refractivity (Wildman–Crippen MR) is 108 cm³/mol. The van der Waals surface area contributed by atoms with Crippen LogP contribution in [0, 0.1) is 0 Å². The number of alkyl halides is 2. The third kappa shape index (κ3) is 4.08. The number of ketones is 2. The van der Waals surface area contributed by atoms with E-state index < -0.39 is 0 Å². The van der Waals surface area contributed by atoms with Gasteiger partial charge in [-0.3, -0.25) is 19.2 Å². The summed E-state index contributed by atoms with van der Waals surface area (Å²) >= 11 is 11.1. The van der Waals surface area contributed by atoms with Crippen LogP contribution < -0.4 is 10.6 Å². The van der Waals surface area contributed by atoms with E-state index in [1.165, 1.54) is 24.3 Å². The maximum absolute atomic E-state index is 12.9. The maximum Gasteiger partial charge on any atom is 0.225 e.